The monoisotopic (exact) mass is 441 g/mol. The largest absolute Gasteiger partial charge is 0.370 e. The summed E-state index contributed by atoms with van der Waals surface area (Å²) in [4.78, 5) is 15.0. The molecule has 4 rings (SSSR count). The number of benzene rings is 2. The molecule has 0 unspecified atom stereocenters. The normalized spacial score (nSPS) is 16.2. The maximum absolute atomic E-state index is 12.6. The highest BCUT2D eigenvalue weighted by atomic mass is 32.2. The van der Waals surface area contributed by atoms with Gasteiger partial charge >= 0.3 is 0 Å². The third kappa shape index (κ3) is 5.46. The molecule has 2 aliphatic rings. The topological polar surface area (TPSA) is 78.5 Å². The fourth-order valence-electron chi connectivity index (χ4n) is 4.44. The van der Waals surface area contributed by atoms with E-state index >= 15 is 0 Å². The third-order valence-electron chi connectivity index (χ3n) is 6.13. The first-order valence-corrected chi connectivity index (χ1v) is 12.8. The lowest BCUT2D eigenvalue weighted by molar-refractivity contribution is -0.116. The zero-order chi connectivity index (χ0) is 21.7. The van der Waals surface area contributed by atoms with Crippen molar-refractivity contribution >= 4 is 27.3 Å². The van der Waals surface area contributed by atoms with Crippen molar-refractivity contribution in [3.05, 3.63) is 53.6 Å². The summed E-state index contributed by atoms with van der Waals surface area (Å²) in [7, 11) is -3.56. The van der Waals surface area contributed by atoms with E-state index in [1.165, 1.54) is 24.8 Å². The Hall–Kier alpha value is -2.38. The van der Waals surface area contributed by atoms with Crippen LogP contribution in [0.25, 0.3) is 0 Å². The molecule has 0 spiro atoms. The van der Waals surface area contributed by atoms with Gasteiger partial charge in [-0.15, -0.1) is 0 Å². The van der Waals surface area contributed by atoms with Crippen LogP contribution in [0.1, 0.15) is 49.7 Å². The zero-order valence-corrected chi connectivity index (χ0v) is 18.7. The van der Waals surface area contributed by atoms with Crippen molar-refractivity contribution in [1.82, 2.24) is 4.72 Å². The molecule has 2 aromatic carbocycles. The highest BCUT2D eigenvalue weighted by Gasteiger charge is 2.18. The van der Waals surface area contributed by atoms with Gasteiger partial charge in [0.15, 0.2) is 0 Å². The Morgan fingerprint density at radius 3 is 2.48 bits per heavy atom. The smallest absolute Gasteiger partial charge is 0.240 e. The summed E-state index contributed by atoms with van der Waals surface area (Å²) in [6.07, 6.45) is 7.31. The van der Waals surface area contributed by atoms with Gasteiger partial charge in [-0.3, -0.25) is 4.79 Å². The molecule has 0 saturated carbocycles. The van der Waals surface area contributed by atoms with E-state index in [4.69, 9.17) is 0 Å². The number of amides is 1. The van der Waals surface area contributed by atoms with Gasteiger partial charge in [-0.05, 0) is 80.3 Å². The zero-order valence-electron chi connectivity index (χ0n) is 17.9. The first-order chi connectivity index (χ1) is 15.0. The lowest BCUT2D eigenvalue weighted by atomic mass is 9.92. The van der Waals surface area contributed by atoms with Crippen molar-refractivity contribution < 1.29 is 13.2 Å². The van der Waals surface area contributed by atoms with E-state index in [2.05, 4.69) is 14.9 Å². The van der Waals surface area contributed by atoms with E-state index in [9.17, 15) is 13.2 Å². The molecule has 2 aromatic rings. The van der Waals surface area contributed by atoms with Crippen LogP contribution in [0.5, 0.6) is 0 Å². The fourth-order valence-corrected chi connectivity index (χ4v) is 5.57. The van der Waals surface area contributed by atoms with Crippen LogP contribution >= 0.6 is 0 Å². The van der Waals surface area contributed by atoms with Crippen LogP contribution in [-0.2, 0) is 27.7 Å². The highest BCUT2D eigenvalue weighted by molar-refractivity contribution is 7.89. The molecule has 1 heterocycles. The van der Waals surface area contributed by atoms with E-state index < -0.39 is 10.0 Å². The number of carbonyl (C=O) groups excluding carboxylic acids is 1. The van der Waals surface area contributed by atoms with E-state index in [1.54, 1.807) is 12.1 Å². The summed E-state index contributed by atoms with van der Waals surface area (Å²) in [6, 6.07) is 13.3. The predicted molar refractivity (Wildman–Crippen MR) is 124 cm³/mol. The van der Waals surface area contributed by atoms with Crippen LogP contribution in [-0.4, -0.2) is 34.0 Å². The minimum atomic E-state index is -3.56. The molecule has 0 radical (unpaired) electrons. The second-order valence-corrected chi connectivity index (χ2v) is 10.2. The Bertz CT molecular complexity index is 1030. The summed E-state index contributed by atoms with van der Waals surface area (Å²) in [6.45, 7) is 2.26. The number of nitrogens with zero attached hydrogens (tertiary/aromatic N) is 1. The van der Waals surface area contributed by atoms with Gasteiger partial charge in [-0.2, -0.15) is 0 Å². The van der Waals surface area contributed by atoms with Crippen molar-refractivity contribution in [1.29, 1.82) is 0 Å². The molecule has 7 heteroatoms. The van der Waals surface area contributed by atoms with Crippen LogP contribution < -0.4 is 14.9 Å². The molecule has 31 heavy (non-hydrogen) atoms. The van der Waals surface area contributed by atoms with Gasteiger partial charge < -0.3 is 10.2 Å². The maximum atomic E-state index is 12.6. The average molecular weight is 442 g/mol. The summed E-state index contributed by atoms with van der Waals surface area (Å²) in [5.74, 6) is -0.0976. The van der Waals surface area contributed by atoms with Crippen LogP contribution in [0.2, 0.25) is 0 Å². The van der Waals surface area contributed by atoms with Crippen molar-refractivity contribution in [2.45, 2.75) is 56.3 Å². The second-order valence-electron chi connectivity index (χ2n) is 8.40. The van der Waals surface area contributed by atoms with Crippen LogP contribution in [0.15, 0.2) is 47.4 Å². The molecule has 2 N–H and O–H groups in total. The van der Waals surface area contributed by atoms with Crippen molar-refractivity contribution in [3.8, 4) is 0 Å². The molecule has 1 fully saturated rings. The quantitative estimate of drug-likeness (QED) is 0.610. The molecule has 1 aliphatic carbocycles. The molecule has 1 amide bonds. The van der Waals surface area contributed by atoms with E-state index in [0.29, 0.717) is 11.3 Å². The van der Waals surface area contributed by atoms with Gasteiger partial charge in [0.25, 0.3) is 0 Å². The molecular formula is C24H31N3O3S. The molecule has 1 aliphatic heterocycles. The van der Waals surface area contributed by atoms with E-state index in [-0.39, 0.29) is 18.9 Å². The lowest BCUT2D eigenvalue weighted by Gasteiger charge is -2.21. The standard InChI is InChI=1S/C24H31N3O3S/c28-24(26-22-10-3-4-11-23(22)27-16-5-6-17-27)12-7-15-25-31(29,30)21-14-13-19-8-1-2-9-20(19)18-21/h3-4,10-11,13-14,18,25H,1-2,5-9,12,15-17H2,(H,26,28). The van der Waals surface area contributed by atoms with Gasteiger partial charge in [0, 0.05) is 26.1 Å². The molecular weight excluding hydrogens is 410 g/mol. The van der Waals surface area contributed by atoms with Crippen molar-refractivity contribution in [2.24, 2.45) is 0 Å². The number of fused-ring (bicyclic) bond motifs is 1. The number of hydrogen-bond donors (Lipinski definition) is 2. The van der Waals surface area contributed by atoms with Crippen LogP contribution in [0, 0.1) is 0 Å². The van der Waals surface area contributed by atoms with Crippen molar-refractivity contribution in [3.63, 3.8) is 0 Å². The number of anilines is 2. The van der Waals surface area contributed by atoms with E-state index in [0.717, 1.165) is 49.3 Å². The SMILES string of the molecule is O=C(CCCNS(=O)(=O)c1ccc2c(c1)CCCC2)Nc1ccccc1N1CCCC1. The molecule has 0 atom stereocenters. The molecule has 0 bridgehead atoms. The van der Waals surface area contributed by atoms with E-state index in [1.807, 2.05) is 30.3 Å². The van der Waals surface area contributed by atoms with Gasteiger partial charge in [0.2, 0.25) is 15.9 Å². The Labute approximate surface area is 185 Å². The Kier molecular flexibility index (Phi) is 6.92. The van der Waals surface area contributed by atoms with Gasteiger partial charge in [-0.1, -0.05) is 18.2 Å². The third-order valence-corrected chi connectivity index (χ3v) is 7.59. The Morgan fingerprint density at radius 1 is 0.935 bits per heavy atom. The summed E-state index contributed by atoms with van der Waals surface area (Å²) >= 11 is 0. The summed E-state index contributed by atoms with van der Waals surface area (Å²) in [5.41, 5.74) is 4.28. The molecule has 0 aromatic heterocycles. The Balaban J connectivity index is 1.27. The minimum absolute atomic E-state index is 0.0976. The summed E-state index contributed by atoms with van der Waals surface area (Å²) in [5, 5.41) is 2.99. The Morgan fingerprint density at radius 2 is 1.68 bits per heavy atom. The first kappa shape index (κ1) is 21.8. The second kappa shape index (κ2) is 9.83. The average Bonchev–Trinajstić information content (AvgIpc) is 3.31. The molecule has 166 valence electrons. The highest BCUT2D eigenvalue weighted by Crippen LogP contribution is 2.29. The number of hydrogen-bond acceptors (Lipinski definition) is 4. The molecule has 6 nitrogen and oxygen atoms in total. The predicted octanol–water partition coefficient (Wildman–Crippen LogP) is 3.86. The van der Waals surface area contributed by atoms with Crippen molar-refractivity contribution in [2.75, 3.05) is 29.9 Å². The number of rotatable bonds is 8. The number of sulfonamides is 1. The van der Waals surface area contributed by atoms with Gasteiger partial charge in [0.1, 0.15) is 0 Å². The van der Waals surface area contributed by atoms with Crippen LogP contribution in [0.3, 0.4) is 0 Å². The number of aryl methyl sites for hydroxylation is 2. The van der Waals surface area contributed by atoms with Gasteiger partial charge in [-0.25, -0.2) is 13.1 Å². The minimum Gasteiger partial charge on any atom is -0.370 e. The maximum Gasteiger partial charge on any atom is 0.240 e. The van der Waals surface area contributed by atoms with Crippen LogP contribution in [0.4, 0.5) is 11.4 Å². The number of nitrogens with one attached hydrogen (secondary N) is 2. The number of carbonyl (C=O) groups is 1. The first-order valence-electron chi connectivity index (χ1n) is 11.3. The lowest BCUT2D eigenvalue weighted by Crippen LogP contribution is -2.26. The fraction of sp³-hybridized carbons (Fsp3) is 0.458. The summed E-state index contributed by atoms with van der Waals surface area (Å²) < 4.78 is 27.9. The van der Waals surface area contributed by atoms with Gasteiger partial charge in [0.05, 0.1) is 16.3 Å². The molecule has 1 saturated heterocycles. The number of para-hydroxylation sites is 2.